The first-order valence-corrected chi connectivity index (χ1v) is 9.61. The number of nitrogens with one attached hydrogen (secondary N) is 1. The van der Waals surface area contributed by atoms with E-state index < -0.39 is 0 Å². The van der Waals surface area contributed by atoms with Gasteiger partial charge in [-0.2, -0.15) is 0 Å². The molecule has 1 aromatic heterocycles. The van der Waals surface area contributed by atoms with Crippen molar-refractivity contribution >= 4 is 23.3 Å². The van der Waals surface area contributed by atoms with Crippen LogP contribution in [0.15, 0.2) is 42.6 Å². The fourth-order valence-electron chi connectivity index (χ4n) is 3.84. The molecule has 0 unspecified atom stereocenters. The third kappa shape index (κ3) is 3.65. The molecule has 1 aromatic carbocycles. The van der Waals surface area contributed by atoms with Crippen LogP contribution in [-0.2, 0) is 4.79 Å². The van der Waals surface area contributed by atoms with E-state index in [4.69, 9.17) is 4.74 Å². The first-order valence-electron chi connectivity index (χ1n) is 9.61. The molecule has 0 aliphatic carbocycles. The van der Waals surface area contributed by atoms with E-state index >= 15 is 0 Å². The molecule has 7 nitrogen and oxygen atoms in total. The molecule has 0 radical (unpaired) electrons. The van der Waals surface area contributed by atoms with Gasteiger partial charge in [-0.1, -0.05) is 12.1 Å². The average Bonchev–Trinajstić information content (AvgIpc) is 3.38. The van der Waals surface area contributed by atoms with Gasteiger partial charge in [-0.3, -0.25) is 9.59 Å². The zero-order valence-corrected chi connectivity index (χ0v) is 15.9. The van der Waals surface area contributed by atoms with Gasteiger partial charge in [0.25, 0.3) is 5.91 Å². The smallest absolute Gasteiger partial charge is 0.251 e. The van der Waals surface area contributed by atoms with Gasteiger partial charge in [-0.15, -0.1) is 0 Å². The summed E-state index contributed by atoms with van der Waals surface area (Å²) < 4.78 is 5.36. The zero-order valence-electron chi connectivity index (χ0n) is 15.9. The maximum absolute atomic E-state index is 12.7. The quantitative estimate of drug-likeness (QED) is 0.861. The highest BCUT2D eigenvalue weighted by Crippen LogP contribution is 2.31. The highest BCUT2D eigenvalue weighted by atomic mass is 16.5. The molecule has 1 N–H and O–H groups in total. The van der Waals surface area contributed by atoms with Crippen molar-refractivity contribution < 1.29 is 14.3 Å². The van der Waals surface area contributed by atoms with Gasteiger partial charge < -0.3 is 19.9 Å². The summed E-state index contributed by atoms with van der Waals surface area (Å²) in [6.07, 6.45) is 4.25. The lowest BCUT2D eigenvalue weighted by molar-refractivity contribution is -0.117. The standard InChI is InChI=1S/C21H24N4O3/c1-28-18-7-3-2-6-17(18)25-14-16(13-20(25)26)23-21(27)15-8-9-22-19(12-15)24-10-4-5-11-24/h2-3,6-9,12,16H,4-5,10-11,13-14H2,1H3,(H,23,27)/t16-/m0/s1. The van der Waals surface area contributed by atoms with Crippen LogP contribution < -0.4 is 19.9 Å². The van der Waals surface area contributed by atoms with Crippen LogP contribution in [0.5, 0.6) is 5.75 Å². The number of anilines is 2. The summed E-state index contributed by atoms with van der Waals surface area (Å²) in [5.74, 6) is 1.28. The molecule has 0 spiro atoms. The minimum absolute atomic E-state index is 0.0257. The van der Waals surface area contributed by atoms with Gasteiger partial charge in [0.2, 0.25) is 5.91 Å². The lowest BCUT2D eigenvalue weighted by Crippen LogP contribution is -2.37. The summed E-state index contributed by atoms with van der Waals surface area (Å²) >= 11 is 0. The third-order valence-electron chi connectivity index (χ3n) is 5.27. The molecule has 2 saturated heterocycles. The van der Waals surface area contributed by atoms with E-state index in [0.717, 1.165) is 37.4 Å². The summed E-state index contributed by atoms with van der Waals surface area (Å²) in [6, 6.07) is 10.7. The molecule has 2 fully saturated rings. The predicted molar refractivity (Wildman–Crippen MR) is 107 cm³/mol. The Bertz CT molecular complexity index is 879. The summed E-state index contributed by atoms with van der Waals surface area (Å²) in [6.45, 7) is 2.38. The number of hydrogen-bond acceptors (Lipinski definition) is 5. The number of ether oxygens (including phenoxy) is 1. The van der Waals surface area contributed by atoms with Crippen molar-refractivity contribution in [3.8, 4) is 5.75 Å². The van der Waals surface area contributed by atoms with Crippen molar-refractivity contribution in [2.24, 2.45) is 0 Å². The Hall–Kier alpha value is -3.09. The first kappa shape index (κ1) is 18.3. The number of hydrogen-bond donors (Lipinski definition) is 1. The van der Waals surface area contributed by atoms with Gasteiger partial charge in [-0.25, -0.2) is 4.98 Å². The molecule has 7 heteroatoms. The van der Waals surface area contributed by atoms with E-state index in [1.807, 2.05) is 30.3 Å². The monoisotopic (exact) mass is 380 g/mol. The zero-order chi connectivity index (χ0) is 19.5. The number of nitrogens with zero attached hydrogens (tertiary/aromatic N) is 3. The summed E-state index contributed by atoms with van der Waals surface area (Å²) in [4.78, 5) is 33.5. The number of benzene rings is 1. The van der Waals surface area contributed by atoms with E-state index in [-0.39, 0.29) is 24.3 Å². The fraction of sp³-hybridized carbons (Fsp3) is 0.381. The van der Waals surface area contributed by atoms with Crippen LogP contribution in [0, 0.1) is 0 Å². The van der Waals surface area contributed by atoms with Gasteiger partial charge in [0, 0.05) is 37.8 Å². The van der Waals surface area contributed by atoms with E-state index in [0.29, 0.717) is 17.9 Å². The van der Waals surface area contributed by atoms with Crippen LogP contribution in [0.2, 0.25) is 0 Å². The second-order valence-corrected chi connectivity index (χ2v) is 7.15. The molecule has 28 heavy (non-hydrogen) atoms. The number of carbonyl (C=O) groups excluding carboxylic acids is 2. The van der Waals surface area contributed by atoms with Crippen molar-refractivity contribution in [3.63, 3.8) is 0 Å². The number of para-hydroxylation sites is 2. The molecule has 2 aliphatic heterocycles. The maximum atomic E-state index is 12.7. The molecule has 3 heterocycles. The largest absolute Gasteiger partial charge is 0.495 e. The molecule has 0 bridgehead atoms. The van der Waals surface area contributed by atoms with Crippen LogP contribution in [0.3, 0.4) is 0 Å². The third-order valence-corrected chi connectivity index (χ3v) is 5.27. The number of rotatable bonds is 5. The summed E-state index contributed by atoms with van der Waals surface area (Å²) in [7, 11) is 1.58. The average molecular weight is 380 g/mol. The van der Waals surface area contributed by atoms with Gasteiger partial charge in [0.05, 0.1) is 18.8 Å². The summed E-state index contributed by atoms with van der Waals surface area (Å²) in [5.41, 5.74) is 1.30. The molecule has 2 aromatic rings. The van der Waals surface area contributed by atoms with Crippen LogP contribution in [0.25, 0.3) is 0 Å². The maximum Gasteiger partial charge on any atom is 0.251 e. The number of pyridine rings is 1. The Balaban J connectivity index is 1.44. The van der Waals surface area contributed by atoms with Crippen LogP contribution in [-0.4, -0.2) is 49.6 Å². The van der Waals surface area contributed by atoms with E-state index in [1.54, 1.807) is 24.3 Å². The SMILES string of the molecule is COc1ccccc1N1C[C@@H](NC(=O)c2ccnc(N3CCCC3)c2)CC1=O. The number of carbonyl (C=O) groups is 2. The minimum atomic E-state index is -0.242. The Kier molecular flexibility index (Phi) is 5.14. The van der Waals surface area contributed by atoms with Crippen molar-refractivity contribution in [1.82, 2.24) is 10.3 Å². The predicted octanol–water partition coefficient (Wildman–Crippen LogP) is 2.23. The van der Waals surface area contributed by atoms with Crippen molar-refractivity contribution in [1.29, 1.82) is 0 Å². The van der Waals surface area contributed by atoms with Gasteiger partial charge >= 0.3 is 0 Å². The van der Waals surface area contributed by atoms with Crippen LogP contribution in [0.4, 0.5) is 11.5 Å². The van der Waals surface area contributed by atoms with Gasteiger partial charge in [0.15, 0.2) is 0 Å². The fourth-order valence-corrected chi connectivity index (χ4v) is 3.84. The molecule has 146 valence electrons. The second-order valence-electron chi connectivity index (χ2n) is 7.15. The first-order chi connectivity index (χ1) is 13.7. The molecule has 2 aliphatic rings. The number of methoxy groups -OCH3 is 1. The van der Waals surface area contributed by atoms with Crippen molar-refractivity contribution in [3.05, 3.63) is 48.2 Å². The minimum Gasteiger partial charge on any atom is -0.495 e. The molecule has 2 amide bonds. The molecular weight excluding hydrogens is 356 g/mol. The lowest BCUT2D eigenvalue weighted by Gasteiger charge is -2.20. The number of aromatic nitrogens is 1. The van der Waals surface area contributed by atoms with E-state index in [2.05, 4.69) is 15.2 Å². The molecular formula is C21H24N4O3. The van der Waals surface area contributed by atoms with Gasteiger partial charge in [-0.05, 0) is 37.1 Å². The van der Waals surface area contributed by atoms with Gasteiger partial charge in [0.1, 0.15) is 11.6 Å². The Morgan fingerprint density at radius 1 is 1.21 bits per heavy atom. The van der Waals surface area contributed by atoms with E-state index in [9.17, 15) is 9.59 Å². The Labute approximate surface area is 164 Å². The number of amides is 2. The van der Waals surface area contributed by atoms with Crippen molar-refractivity contribution in [2.45, 2.75) is 25.3 Å². The van der Waals surface area contributed by atoms with E-state index in [1.165, 1.54) is 0 Å². The molecule has 1 atom stereocenters. The highest BCUT2D eigenvalue weighted by molar-refractivity contribution is 6.00. The Morgan fingerprint density at radius 3 is 2.79 bits per heavy atom. The normalized spacial score (nSPS) is 19.2. The van der Waals surface area contributed by atoms with Crippen LogP contribution >= 0.6 is 0 Å². The lowest BCUT2D eigenvalue weighted by atomic mass is 10.2. The molecule has 0 saturated carbocycles. The second kappa shape index (κ2) is 7.88. The summed E-state index contributed by atoms with van der Waals surface area (Å²) in [5, 5.41) is 2.99. The van der Waals surface area contributed by atoms with Crippen molar-refractivity contribution in [2.75, 3.05) is 36.5 Å². The highest BCUT2D eigenvalue weighted by Gasteiger charge is 2.33. The van der Waals surface area contributed by atoms with Crippen LogP contribution in [0.1, 0.15) is 29.6 Å². The topological polar surface area (TPSA) is 74.8 Å². The molecule has 4 rings (SSSR count). The Morgan fingerprint density at radius 2 is 2.00 bits per heavy atom.